The molecule has 116 valence electrons. The van der Waals surface area contributed by atoms with Crippen LogP contribution in [0.25, 0.3) is 11.0 Å². The van der Waals surface area contributed by atoms with Gasteiger partial charge in [0.15, 0.2) is 0 Å². The average molecular weight is 312 g/mol. The molecule has 0 saturated heterocycles. The van der Waals surface area contributed by atoms with E-state index in [9.17, 15) is 14.9 Å². The SMILES string of the molecule is Cc1ccc2c(COc3cccnc3[N+](=O)[O-])cc(=O)oc2c1. The Balaban J connectivity index is 1.97. The molecule has 0 aliphatic heterocycles. The molecule has 1 aromatic carbocycles. The van der Waals surface area contributed by atoms with Crippen molar-refractivity contribution in [2.24, 2.45) is 0 Å². The van der Waals surface area contributed by atoms with Gasteiger partial charge in [0, 0.05) is 17.0 Å². The van der Waals surface area contributed by atoms with Crippen LogP contribution < -0.4 is 10.4 Å². The molecule has 0 aliphatic rings. The lowest BCUT2D eigenvalue weighted by Gasteiger charge is -2.08. The van der Waals surface area contributed by atoms with Crippen LogP contribution in [0.4, 0.5) is 5.82 Å². The number of pyridine rings is 1. The number of aromatic nitrogens is 1. The van der Waals surface area contributed by atoms with E-state index < -0.39 is 10.5 Å². The topological polar surface area (TPSA) is 95.5 Å². The minimum atomic E-state index is -0.615. The predicted molar refractivity (Wildman–Crippen MR) is 82.4 cm³/mol. The summed E-state index contributed by atoms with van der Waals surface area (Å²) in [5, 5.41) is 11.7. The van der Waals surface area contributed by atoms with E-state index >= 15 is 0 Å². The van der Waals surface area contributed by atoms with Crippen LogP contribution in [-0.2, 0) is 6.61 Å². The first kappa shape index (κ1) is 14.7. The Morgan fingerprint density at radius 2 is 2.13 bits per heavy atom. The second-order valence-electron chi connectivity index (χ2n) is 4.96. The minimum Gasteiger partial charge on any atom is -0.481 e. The lowest BCUT2D eigenvalue weighted by Crippen LogP contribution is -2.05. The van der Waals surface area contributed by atoms with E-state index in [1.807, 2.05) is 19.1 Å². The van der Waals surface area contributed by atoms with Crippen molar-refractivity contribution in [3.63, 3.8) is 0 Å². The number of benzene rings is 1. The molecule has 0 fully saturated rings. The van der Waals surface area contributed by atoms with Crippen molar-refractivity contribution < 1.29 is 14.1 Å². The Labute approximate surface area is 130 Å². The van der Waals surface area contributed by atoms with Crippen molar-refractivity contribution in [1.29, 1.82) is 0 Å². The zero-order valence-corrected chi connectivity index (χ0v) is 12.2. The molecule has 2 aromatic heterocycles. The number of aryl methyl sites for hydroxylation is 1. The Morgan fingerprint density at radius 1 is 1.30 bits per heavy atom. The summed E-state index contributed by atoms with van der Waals surface area (Å²) in [5.41, 5.74) is 1.51. The summed E-state index contributed by atoms with van der Waals surface area (Å²) >= 11 is 0. The molecular formula is C16H12N2O5. The highest BCUT2D eigenvalue weighted by atomic mass is 16.6. The summed E-state index contributed by atoms with van der Waals surface area (Å²) in [6, 6.07) is 9.79. The van der Waals surface area contributed by atoms with Crippen LogP contribution in [0, 0.1) is 17.0 Å². The van der Waals surface area contributed by atoms with Crippen LogP contribution in [0.1, 0.15) is 11.1 Å². The molecule has 0 saturated carbocycles. The van der Waals surface area contributed by atoms with E-state index in [1.165, 1.54) is 18.3 Å². The fraction of sp³-hybridized carbons (Fsp3) is 0.125. The first-order valence-corrected chi connectivity index (χ1v) is 6.80. The van der Waals surface area contributed by atoms with Gasteiger partial charge in [0.05, 0.1) is 0 Å². The van der Waals surface area contributed by atoms with Crippen LogP contribution in [0.15, 0.2) is 51.8 Å². The van der Waals surface area contributed by atoms with Crippen molar-refractivity contribution in [2.45, 2.75) is 13.5 Å². The molecule has 7 nitrogen and oxygen atoms in total. The molecule has 2 heterocycles. The average Bonchev–Trinajstić information content (AvgIpc) is 2.52. The Kier molecular flexibility index (Phi) is 3.76. The molecule has 0 N–H and O–H groups in total. The zero-order chi connectivity index (χ0) is 16.4. The summed E-state index contributed by atoms with van der Waals surface area (Å²) in [6.07, 6.45) is 1.32. The fourth-order valence-corrected chi connectivity index (χ4v) is 2.24. The summed E-state index contributed by atoms with van der Waals surface area (Å²) in [4.78, 5) is 25.7. The van der Waals surface area contributed by atoms with E-state index in [1.54, 1.807) is 12.1 Å². The molecule has 0 atom stereocenters. The number of nitro groups is 1. The number of nitrogens with zero attached hydrogens (tertiary/aromatic N) is 2. The van der Waals surface area contributed by atoms with Gasteiger partial charge >= 0.3 is 11.4 Å². The highest BCUT2D eigenvalue weighted by Gasteiger charge is 2.16. The largest absolute Gasteiger partial charge is 0.481 e. The third-order valence-corrected chi connectivity index (χ3v) is 3.29. The number of hydrogen-bond donors (Lipinski definition) is 0. The van der Waals surface area contributed by atoms with E-state index in [0.717, 1.165) is 10.9 Å². The van der Waals surface area contributed by atoms with Gasteiger partial charge < -0.3 is 19.3 Å². The maximum atomic E-state index is 11.7. The molecule has 0 amide bonds. The maximum absolute atomic E-state index is 11.7. The number of hydrogen-bond acceptors (Lipinski definition) is 6. The van der Waals surface area contributed by atoms with Crippen LogP contribution in [-0.4, -0.2) is 9.91 Å². The summed E-state index contributed by atoms with van der Waals surface area (Å²) in [5.74, 6) is -0.318. The maximum Gasteiger partial charge on any atom is 0.406 e. The van der Waals surface area contributed by atoms with E-state index in [-0.39, 0.29) is 18.2 Å². The normalized spacial score (nSPS) is 10.7. The molecule has 3 rings (SSSR count). The van der Waals surface area contributed by atoms with E-state index in [0.29, 0.717) is 11.1 Å². The lowest BCUT2D eigenvalue weighted by molar-refractivity contribution is -0.390. The molecule has 0 bridgehead atoms. The highest BCUT2D eigenvalue weighted by molar-refractivity contribution is 5.80. The predicted octanol–water partition coefficient (Wildman–Crippen LogP) is 2.98. The van der Waals surface area contributed by atoms with Gasteiger partial charge in [0.25, 0.3) is 0 Å². The summed E-state index contributed by atoms with van der Waals surface area (Å²) in [6.45, 7) is 1.89. The third-order valence-electron chi connectivity index (χ3n) is 3.29. The molecule has 7 heteroatoms. The van der Waals surface area contributed by atoms with Gasteiger partial charge in [-0.05, 0) is 40.6 Å². The van der Waals surface area contributed by atoms with Crippen molar-refractivity contribution >= 4 is 16.8 Å². The Hall–Kier alpha value is -3.22. The van der Waals surface area contributed by atoms with Crippen LogP contribution in [0.5, 0.6) is 5.75 Å². The molecule has 0 unspecified atom stereocenters. The lowest BCUT2D eigenvalue weighted by atomic mass is 10.1. The van der Waals surface area contributed by atoms with Gasteiger partial charge in [0.1, 0.15) is 18.4 Å². The zero-order valence-electron chi connectivity index (χ0n) is 12.2. The molecule has 0 aliphatic carbocycles. The van der Waals surface area contributed by atoms with Gasteiger partial charge in [0.2, 0.25) is 5.75 Å². The van der Waals surface area contributed by atoms with Crippen LogP contribution in [0.3, 0.4) is 0 Å². The van der Waals surface area contributed by atoms with Gasteiger partial charge in [-0.2, -0.15) is 0 Å². The van der Waals surface area contributed by atoms with Crippen molar-refractivity contribution in [3.8, 4) is 5.75 Å². The molecule has 0 spiro atoms. The Morgan fingerprint density at radius 3 is 2.91 bits per heavy atom. The third kappa shape index (κ3) is 3.03. The van der Waals surface area contributed by atoms with Gasteiger partial charge in [-0.1, -0.05) is 12.1 Å². The molecule has 0 radical (unpaired) electrons. The van der Waals surface area contributed by atoms with Crippen LogP contribution >= 0.6 is 0 Å². The number of fused-ring (bicyclic) bond motifs is 1. The molecule has 3 aromatic rings. The van der Waals surface area contributed by atoms with Crippen molar-refractivity contribution in [3.05, 3.63) is 74.3 Å². The second kappa shape index (κ2) is 5.88. The van der Waals surface area contributed by atoms with E-state index in [4.69, 9.17) is 9.15 Å². The number of rotatable bonds is 4. The van der Waals surface area contributed by atoms with Crippen LogP contribution in [0.2, 0.25) is 0 Å². The summed E-state index contributed by atoms with van der Waals surface area (Å²) in [7, 11) is 0. The Bertz CT molecular complexity index is 949. The quantitative estimate of drug-likeness (QED) is 0.417. The van der Waals surface area contributed by atoms with Gasteiger partial charge in [-0.15, -0.1) is 0 Å². The van der Waals surface area contributed by atoms with Gasteiger partial charge in [-0.25, -0.2) is 4.79 Å². The molecule has 23 heavy (non-hydrogen) atoms. The van der Waals surface area contributed by atoms with Crippen molar-refractivity contribution in [2.75, 3.05) is 0 Å². The monoisotopic (exact) mass is 312 g/mol. The smallest absolute Gasteiger partial charge is 0.406 e. The summed E-state index contributed by atoms with van der Waals surface area (Å²) < 4.78 is 10.7. The number of ether oxygens (including phenoxy) is 1. The second-order valence-corrected chi connectivity index (χ2v) is 4.96. The first-order chi connectivity index (χ1) is 11.0. The van der Waals surface area contributed by atoms with E-state index in [2.05, 4.69) is 4.98 Å². The first-order valence-electron chi connectivity index (χ1n) is 6.80. The highest BCUT2D eigenvalue weighted by Crippen LogP contribution is 2.25. The van der Waals surface area contributed by atoms with Gasteiger partial charge in [-0.3, -0.25) is 0 Å². The fourth-order valence-electron chi connectivity index (χ4n) is 2.24. The minimum absolute atomic E-state index is 0.00229. The standard InChI is InChI=1S/C16H12N2O5/c1-10-4-5-12-11(8-15(19)23-14(12)7-10)9-22-13-3-2-6-17-16(13)18(20)21/h2-8H,9H2,1H3. The van der Waals surface area contributed by atoms with Crippen molar-refractivity contribution in [1.82, 2.24) is 4.98 Å². The molecular weight excluding hydrogens is 300 g/mol.